The number of nitrogens with two attached hydrogens (primary N) is 1. The van der Waals surface area contributed by atoms with E-state index in [1.54, 1.807) is 17.0 Å². The first-order valence-corrected chi connectivity index (χ1v) is 8.78. The number of nitrogens with zero attached hydrogens (tertiary/aromatic N) is 1. The van der Waals surface area contributed by atoms with E-state index in [1.165, 1.54) is 6.07 Å². The monoisotopic (exact) mass is 368 g/mol. The van der Waals surface area contributed by atoms with Crippen LogP contribution in [0.3, 0.4) is 0 Å². The van der Waals surface area contributed by atoms with E-state index in [0.29, 0.717) is 30.5 Å². The minimum absolute atomic E-state index is 0.0207. The lowest BCUT2D eigenvalue weighted by molar-refractivity contribution is -0.138. The number of hydrogen-bond acceptors (Lipinski definition) is 2. The molecule has 1 aromatic carbocycles. The number of rotatable bonds is 4. The molecule has 1 amide bonds. The van der Waals surface area contributed by atoms with Gasteiger partial charge in [-0.2, -0.15) is 0 Å². The molecule has 0 heterocycles. The molecule has 4 atom stereocenters. The summed E-state index contributed by atoms with van der Waals surface area (Å²) in [6.45, 7) is 2.82. The second-order valence-corrected chi connectivity index (χ2v) is 7.44. The van der Waals surface area contributed by atoms with Gasteiger partial charge < -0.3 is 10.6 Å². The number of carbonyl (C=O) groups excluding carboxylic acids is 1. The van der Waals surface area contributed by atoms with Crippen LogP contribution in [0, 0.1) is 23.6 Å². The Kier molecular flexibility index (Phi) is 4.55. The van der Waals surface area contributed by atoms with Crippen molar-refractivity contribution < 1.29 is 9.18 Å². The number of amides is 1. The van der Waals surface area contributed by atoms with Crippen molar-refractivity contribution in [2.75, 3.05) is 6.54 Å². The molecule has 0 aromatic heterocycles. The first kappa shape index (κ1) is 15.9. The van der Waals surface area contributed by atoms with Crippen molar-refractivity contribution in [2.45, 2.75) is 38.8 Å². The fraction of sp³-hybridized carbons (Fsp3) is 0.588. The maximum Gasteiger partial charge on any atom is 0.227 e. The van der Waals surface area contributed by atoms with Gasteiger partial charge in [0.25, 0.3) is 0 Å². The van der Waals surface area contributed by atoms with Crippen LogP contribution in [0.25, 0.3) is 0 Å². The van der Waals surface area contributed by atoms with Crippen LogP contribution in [0.2, 0.25) is 0 Å². The van der Waals surface area contributed by atoms with Crippen molar-refractivity contribution >= 4 is 21.8 Å². The maximum absolute atomic E-state index is 14.0. The van der Waals surface area contributed by atoms with Gasteiger partial charge in [-0.1, -0.05) is 15.9 Å². The molecule has 2 N–H and O–H groups in total. The fourth-order valence-corrected chi connectivity index (χ4v) is 4.54. The van der Waals surface area contributed by atoms with E-state index < -0.39 is 0 Å². The highest BCUT2D eigenvalue weighted by Crippen LogP contribution is 2.48. The summed E-state index contributed by atoms with van der Waals surface area (Å²) in [6.07, 6.45) is 3.35. The van der Waals surface area contributed by atoms with Gasteiger partial charge in [-0.05, 0) is 56.2 Å². The van der Waals surface area contributed by atoms with Crippen LogP contribution in [0.15, 0.2) is 22.7 Å². The van der Waals surface area contributed by atoms with E-state index >= 15 is 0 Å². The Labute approximate surface area is 139 Å². The molecule has 3 nitrogen and oxygen atoms in total. The molecule has 2 aliphatic carbocycles. The maximum atomic E-state index is 14.0. The van der Waals surface area contributed by atoms with Crippen molar-refractivity contribution in [1.82, 2.24) is 4.90 Å². The van der Waals surface area contributed by atoms with E-state index in [-0.39, 0.29) is 23.7 Å². The van der Waals surface area contributed by atoms with Crippen molar-refractivity contribution in [3.63, 3.8) is 0 Å². The Morgan fingerprint density at radius 2 is 2.14 bits per heavy atom. The van der Waals surface area contributed by atoms with E-state index in [2.05, 4.69) is 15.9 Å². The van der Waals surface area contributed by atoms with Crippen molar-refractivity contribution in [2.24, 2.45) is 23.5 Å². The van der Waals surface area contributed by atoms with Crippen LogP contribution in [0.5, 0.6) is 0 Å². The number of fused-ring (bicyclic) bond motifs is 2. The largest absolute Gasteiger partial charge is 0.338 e. The average Bonchev–Trinajstić information content (AvgIpc) is 3.08. The minimum atomic E-state index is -0.272. The summed E-state index contributed by atoms with van der Waals surface area (Å²) in [4.78, 5) is 14.6. The zero-order chi connectivity index (χ0) is 15.9. The van der Waals surface area contributed by atoms with Gasteiger partial charge in [0.15, 0.2) is 0 Å². The topological polar surface area (TPSA) is 46.3 Å². The Bertz CT molecular complexity index is 578. The first-order chi connectivity index (χ1) is 10.5. The predicted molar refractivity (Wildman–Crippen MR) is 87.5 cm³/mol. The molecule has 2 saturated carbocycles. The molecule has 2 bridgehead atoms. The van der Waals surface area contributed by atoms with Gasteiger partial charge >= 0.3 is 0 Å². The summed E-state index contributed by atoms with van der Waals surface area (Å²) in [6, 6.07) is 4.82. The van der Waals surface area contributed by atoms with E-state index in [1.807, 2.05) is 6.92 Å². The normalized spacial score (nSPS) is 29.8. The van der Waals surface area contributed by atoms with Crippen LogP contribution in [0.4, 0.5) is 4.39 Å². The Balaban J connectivity index is 1.76. The molecule has 4 unspecified atom stereocenters. The molecule has 0 spiro atoms. The highest BCUT2D eigenvalue weighted by molar-refractivity contribution is 9.10. The summed E-state index contributed by atoms with van der Waals surface area (Å²) < 4.78 is 14.8. The molecule has 2 aliphatic rings. The second-order valence-electron chi connectivity index (χ2n) is 6.52. The van der Waals surface area contributed by atoms with E-state index in [4.69, 9.17) is 5.73 Å². The van der Waals surface area contributed by atoms with Gasteiger partial charge in [0.2, 0.25) is 5.91 Å². The number of halogens is 2. The molecule has 22 heavy (non-hydrogen) atoms. The molecule has 3 rings (SSSR count). The van der Waals surface area contributed by atoms with Gasteiger partial charge in [0.05, 0.1) is 5.92 Å². The predicted octanol–water partition coefficient (Wildman–Crippen LogP) is 3.31. The zero-order valence-corrected chi connectivity index (χ0v) is 14.4. The van der Waals surface area contributed by atoms with Crippen molar-refractivity contribution in [3.8, 4) is 0 Å². The van der Waals surface area contributed by atoms with Gasteiger partial charge in [-0.15, -0.1) is 0 Å². The standard InChI is InChI=1S/C17H22BrFN2O/c1-2-21(9-12-8-13(18)5-6-14(12)19)17(22)15-10-3-4-11(7-10)16(15)20/h5-6,8,10-11,15-16H,2-4,7,9,20H2,1H3. The molecular weight excluding hydrogens is 347 g/mol. The Morgan fingerprint density at radius 1 is 1.41 bits per heavy atom. The molecule has 5 heteroatoms. The summed E-state index contributed by atoms with van der Waals surface area (Å²) in [5, 5.41) is 0. The van der Waals surface area contributed by atoms with Crippen LogP contribution in [0.1, 0.15) is 31.7 Å². The van der Waals surface area contributed by atoms with Crippen LogP contribution in [-0.4, -0.2) is 23.4 Å². The van der Waals surface area contributed by atoms with Crippen LogP contribution in [-0.2, 0) is 11.3 Å². The van der Waals surface area contributed by atoms with Crippen molar-refractivity contribution in [3.05, 3.63) is 34.1 Å². The molecule has 2 fully saturated rings. The van der Waals surface area contributed by atoms with Crippen LogP contribution < -0.4 is 5.73 Å². The molecule has 120 valence electrons. The molecule has 1 aromatic rings. The number of carbonyl (C=O) groups is 1. The van der Waals surface area contributed by atoms with Gasteiger partial charge in [-0.25, -0.2) is 4.39 Å². The zero-order valence-electron chi connectivity index (χ0n) is 12.8. The SMILES string of the molecule is CCN(Cc1cc(Br)ccc1F)C(=O)C1C2CCC(C2)C1N. The van der Waals surface area contributed by atoms with Gasteiger partial charge in [0, 0.05) is 29.2 Å². The number of benzene rings is 1. The third kappa shape index (κ3) is 2.81. The first-order valence-electron chi connectivity index (χ1n) is 7.99. The highest BCUT2D eigenvalue weighted by Gasteiger charge is 2.49. The van der Waals surface area contributed by atoms with Gasteiger partial charge in [-0.3, -0.25) is 4.79 Å². The molecule has 0 aliphatic heterocycles. The van der Waals surface area contributed by atoms with Crippen LogP contribution >= 0.6 is 15.9 Å². The average molecular weight is 369 g/mol. The Morgan fingerprint density at radius 3 is 2.77 bits per heavy atom. The quantitative estimate of drug-likeness (QED) is 0.885. The van der Waals surface area contributed by atoms with Crippen molar-refractivity contribution in [1.29, 1.82) is 0 Å². The van der Waals surface area contributed by atoms with E-state index in [0.717, 1.165) is 23.7 Å². The van der Waals surface area contributed by atoms with E-state index in [9.17, 15) is 9.18 Å². The smallest absolute Gasteiger partial charge is 0.227 e. The lowest BCUT2D eigenvalue weighted by atomic mass is 9.84. The Hall–Kier alpha value is -0.940. The number of hydrogen-bond donors (Lipinski definition) is 1. The molecular formula is C17H22BrFN2O. The summed E-state index contributed by atoms with van der Waals surface area (Å²) in [7, 11) is 0. The summed E-state index contributed by atoms with van der Waals surface area (Å²) in [5.74, 6) is 0.677. The third-order valence-electron chi connectivity index (χ3n) is 5.33. The van der Waals surface area contributed by atoms with Gasteiger partial charge in [0.1, 0.15) is 5.82 Å². The molecule has 0 saturated heterocycles. The minimum Gasteiger partial charge on any atom is -0.338 e. The second kappa shape index (κ2) is 6.28. The highest BCUT2D eigenvalue weighted by atomic mass is 79.9. The summed E-state index contributed by atoms with van der Waals surface area (Å²) in [5.41, 5.74) is 6.82. The summed E-state index contributed by atoms with van der Waals surface area (Å²) >= 11 is 3.36. The molecule has 0 radical (unpaired) electrons. The fourth-order valence-electron chi connectivity index (χ4n) is 4.13. The lowest BCUT2D eigenvalue weighted by Gasteiger charge is -2.32. The third-order valence-corrected chi connectivity index (χ3v) is 5.82. The lowest BCUT2D eigenvalue weighted by Crippen LogP contribution is -2.46.